The molecular formula is C15H29P. The van der Waals surface area contributed by atoms with E-state index in [1.165, 1.54) is 50.0 Å². The van der Waals surface area contributed by atoms with Crippen LogP contribution in [-0.4, -0.2) is 25.3 Å². The largest absolute Gasteiger partial charge is 0.115 e. The van der Waals surface area contributed by atoms with E-state index >= 15 is 0 Å². The molecular weight excluding hydrogens is 211 g/mol. The normalized spacial score (nSPS) is 14.4. The van der Waals surface area contributed by atoms with Gasteiger partial charge in [-0.25, -0.2) is 0 Å². The van der Waals surface area contributed by atoms with Gasteiger partial charge >= 0.3 is 0 Å². The lowest BCUT2D eigenvalue weighted by atomic mass is 10.1. The predicted octanol–water partition coefficient (Wildman–Crippen LogP) is 5.17. The summed E-state index contributed by atoms with van der Waals surface area (Å²) in [6, 6.07) is 0. The average Bonchev–Trinajstić information content (AvgIpc) is 2.24. The third-order valence-electron chi connectivity index (χ3n) is 3.04. The number of unbranched alkanes of at least 4 members (excludes halogenated alkanes) is 3. The third kappa shape index (κ3) is 9.04. The van der Waals surface area contributed by atoms with Crippen LogP contribution in [0.15, 0.2) is 24.8 Å². The molecule has 0 radical (unpaired) electrons. The quantitative estimate of drug-likeness (QED) is 0.281. The minimum Gasteiger partial charge on any atom is -0.115 e. The van der Waals surface area contributed by atoms with Gasteiger partial charge in [0.05, 0.1) is 0 Å². The van der Waals surface area contributed by atoms with E-state index in [0.29, 0.717) is 0 Å². The van der Waals surface area contributed by atoms with Crippen molar-refractivity contribution in [1.29, 1.82) is 0 Å². The van der Waals surface area contributed by atoms with Crippen LogP contribution >= 0.6 is 6.89 Å². The van der Waals surface area contributed by atoms with Gasteiger partial charge in [0.2, 0.25) is 0 Å². The zero-order chi connectivity index (χ0) is 12.4. The highest BCUT2D eigenvalue weighted by molar-refractivity contribution is 7.73. The molecule has 0 N–H and O–H groups in total. The Morgan fingerprint density at radius 3 is 2.19 bits per heavy atom. The van der Waals surface area contributed by atoms with Gasteiger partial charge < -0.3 is 0 Å². The zero-order valence-electron chi connectivity index (χ0n) is 11.3. The van der Waals surface area contributed by atoms with Gasteiger partial charge in [0.1, 0.15) is 0 Å². The molecule has 1 heteroatoms. The molecule has 0 aromatic heterocycles. The average molecular weight is 240 g/mol. The van der Waals surface area contributed by atoms with Gasteiger partial charge in [-0.15, -0.1) is 13.2 Å². The molecule has 0 saturated heterocycles. The van der Waals surface area contributed by atoms with Gasteiger partial charge in [-0.05, 0) is 44.7 Å². The summed E-state index contributed by atoms with van der Waals surface area (Å²) in [7, 11) is 0. The molecule has 0 aromatic carbocycles. The van der Waals surface area contributed by atoms with Crippen LogP contribution < -0.4 is 0 Å². The van der Waals surface area contributed by atoms with Crippen molar-refractivity contribution >= 4 is 13.2 Å². The summed E-state index contributed by atoms with van der Waals surface area (Å²) in [6.45, 7) is 11.5. The van der Waals surface area contributed by atoms with E-state index in [4.69, 9.17) is 0 Å². The highest BCUT2D eigenvalue weighted by Gasteiger charge is 2.06. The Hall–Kier alpha value is -0.220. The molecule has 0 saturated carbocycles. The molecule has 16 heavy (non-hydrogen) atoms. The molecule has 0 amide bonds. The molecule has 0 aliphatic carbocycles. The zero-order valence-corrected chi connectivity index (χ0v) is 12.2. The standard InChI is InChI=1S/C15H29P/c1-6-8-10-13-16(4,5)14-11-9-12-15(3)7-2/h7H,2-4,6,8-14H2,1,5H3. The van der Waals surface area contributed by atoms with Crippen molar-refractivity contribution in [3.8, 4) is 0 Å². The molecule has 0 aliphatic rings. The Morgan fingerprint density at radius 1 is 1.12 bits per heavy atom. The summed E-state index contributed by atoms with van der Waals surface area (Å²) in [5.74, 6) is 0. The van der Waals surface area contributed by atoms with Crippen molar-refractivity contribution in [3.63, 3.8) is 0 Å². The van der Waals surface area contributed by atoms with E-state index in [1.807, 2.05) is 6.08 Å². The summed E-state index contributed by atoms with van der Waals surface area (Å²) >= 11 is 0. The number of hydrogen-bond donors (Lipinski definition) is 0. The second-order valence-corrected chi connectivity index (χ2v) is 9.23. The van der Waals surface area contributed by atoms with Crippen molar-refractivity contribution in [3.05, 3.63) is 24.8 Å². The number of hydrogen-bond acceptors (Lipinski definition) is 0. The maximum absolute atomic E-state index is 4.45. The van der Waals surface area contributed by atoms with Gasteiger partial charge in [0.25, 0.3) is 0 Å². The highest BCUT2D eigenvalue weighted by Crippen LogP contribution is 2.42. The highest BCUT2D eigenvalue weighted by atomic mass is 31.2. The fraction of sp³-hybridized carbons (Fsp3) is 0.667. The van der Waals surface area contributed by atoms with Crippen LogP contribution in [-0.2, 0) is 0 Å². The monoisotopic (exact) mass is 240 g/mol. The van der Waals surface area contributed by atoms with E-state index in [-0.39, 0.29) is 0 Å². The van der Waals surface area contributed by atoms with E-state index in [0.717, 1.165) is 6.42 Å². The van der Waals surface area contributed by atoms with Gasteiger partial charge in [0, 0.05) is 0 Å². The van der Waals surface area contributed by atoms with E-state index in [2.05, 4.69) is 33.0 Å². The molecule has 1 unspecified atom stereocenters. The molecule has 0 aromatic rings. The summed E-state index contributed by atoms with van der Waals surface area (Å²) in [6.07, 6.45) is 16.8. The van der Waals surface area contributed by atoms with Crippen LogP contribution in [0.4, 0.5) is 0 Å². The Balaban J connectivity index is 3.61. The first kappa shape index (κ1) is 15.8. The topological polar surface area (TPSA) is 0 Å². The van der Waals surface area contributed by atoms with Crippen LogP contribution in [0, 0.1) is 0 Å². The van der Waals surface area contributed by atoms with Crippen molar-refractivity contribution < 1.29 is 0 Å². The first-order chi connectivity index (χ1) is 7.52. The molecule has 0 rings (SSSR count). The van der Waals surface area contributed by atoms with E-state index < -0.39 is 6.89 Å². The smallest absolute Gasteiger partial charge is 0.0285 e. The Morgan fingerprint density at radius 2 is 1.69 bits per heavy atom. The van der Waals surface area contributed by atoms with Crippen LogP contribution in [0.2, 0.25) is 0 Å². The lowest BCUT2D eigenvalue weighted by Crippen LogP contribution is -1.95. The predicted molar refractivity (Wildman–Crippen MR) is 82.4 cm³/mol. The molecule has 0 bridgehead atoms. The van der Waals surface area contributed by atoms with E-state index in [9.17, 15) is 0 Å². The van der Waals surface area contributed by atoms with E-state index in [1.54, 1.807) is 0 Å². The second-order valence-electron chi connectivity index (χ2n) is 5.09. The molecule has 1 atom stereocenters. The third-order valence-corrected chi connectivity index (χ3v) is 5.83. The second kappa shape index (κ2) is 8.88. The lowest BCUT2D eigenvalue weighted by molar-refractivity contribution is 0.769. The summed E-state index contributed by atoms with van der Waals surface area (Å²) in [5, 5.41) is 0. The van der Waals surface area contributed by atoms with Crippen molar-refractivity contribution in [2.45, 2.75) is 45.4 Å². The van der Waals surface area contributed by atoms with Crippen molar-refractivity contribution in [2.24, 2.45) is 0 Å². The van der Waals surface area contributed by atoms with Crippen LogP contribution in [0.25, 0.3) is 0 Å². The molecule has 0 aliphatic heterocycles. The number of allylic oxidation sites excluding steroid dienone is 2. The minimum atomic E-state index is -0.846. The Labute approximate surface area is 103 Å². The van der Waals surface area contributed by atoms with Crippen LogP contribution in [0.1, 0.15) is 45.4 Å². The fourth-order valence-corrected chi connectivity index (χ4v) is 4.00. The molecule has 94 valence electrons. The summed E-state index contributed by atoms with van der Waals surface area (Å²) in [5.41, 5.74) is 1.18. The molecule has 0 spiro atoms. The van der Waals surface area contributed by atoms with Crippen LogP contribution in [0.5, 0.6) is 0 Å². The maximum Gasteiger partial charge on any atom is -0.0285 e. The van der Waals surface area contributed by atoms with Gasteiger partial charge in [-0.3, -0.25) is 0 Å². The SMILES string of the molecule is C=CC(=C)CCCCP(=C)(C)CCCCC. The van der Waals surface area contributed by atoms with Gasteiger partial charge in [-0.1, -0.05) is 44.6 Å². The first-order valence-corrected chi connectivity index (χ1v) is 9.30. The molecule has 0 heterocycles. The number of rotatable bonds is 10. The summed E-state index contributed by atoms with van der Waals surface area (Å²) < 4.78 is 0. The van der Waals surface area contributed by atoms with Gasteiger partial charge in [-0.2, -0.15) is 0 Å². The Kier molecular flexibility index (Phi) is 8.76. The van der Waals surface area contributed by atoms with Gasteiger partial charge in [0.15, 0.2) is 0 Å². The fourth-order valence-electron chi connectivity index (χ4n) is 1.80. The van der Waals surface area contributed by atoms with Crippen molar-refractivity contribution in [1.82, 2.24) is 0 Å². The molecule has 0 fully saturated rings. The first-order valence-electron chi connectivity index (χ1n) is 6.51. The van der Waals surface area contributed by atoms with Crippen molar-refractivity contribution in [2.75, 3.05) is 19.0 Å². The van der Waals surface area contributed by atoms with Crippen LogP contribution in [0.3, 0.4) is 0 Å². The molecule has 0 nitrogen and oxygen atoms in total. The summed E-state index contributed by atoms with van der Waals surface area (Å²) in [4.78, 5) is 0. The lowest BCUT2D eigenvalue weighted by Gasteiger charge is -2.18. The maximum atomic E-state index is 4.45. The Bertz CT molecular complexity index is 250. The minimum absolute atomic E-state index is 0.846.